The summed E-state index contributed by atoms with van der Waals surface area (Å²) in [6.45, 7) is 3.48. The molecule has 0 spiro atoms. The number of aromatic nitrogens is 12. The van der Waals surface area contributed by atoms with E-state index in [1.807, 2.05) is 0 Å². The van der Waals surface area contributed by atoms with Crippen molar-refractivity contribution < 1.29 is 0 Å². The second-order valence-corrected chi connectivity index (χ2v) is 5.12. The Morgan fingerprint density at radius 2 is 0.920 bits per heavy atom. The number of nitrogens with two attached hydrogens (primary N) is 3. The standard InChI is InChI=1S/C9H18N16/c10-7-13-16-19-23(7)4-1-22(2-5-24-8(11)14-17-20-24)3-6-25-9(12)15-18-21-25/h1-6H2,(H2,10,13,19)(H2,11,14,20)(H2,12,15,21). The first kappa shape index (κ1) is 16.4. The van der Waals surface area contributed by atoms with Crippen molar-refractivity contribution in [3.63, 3.8) is 0 Å². The van der Waals surface area contributed by atoms with Crippen molar-refractivity contribution in [3.8, 4) is 0 Å². The van der Waals surface area contributed by atoms with Gasteiger partial charge in [-0.2, -0.15) is 0 Å². The number of tetrazole rings is 3. The number of rotatable bonds is 9. The maximum absolute atomic E-state index is 5.68. The van der Waals surface area contributed by atoms with Gasteiger partial charge in [-0.15, -0.1) is 0 Å². The Labute approximate surface area is 140 Å². The van der Waals surface area contributed by atoms with Gasteiger partial charge in [-0.3, -0.25) is 4.90 Å². The summed E-state index contributed by atoms with van der Waals surface area (Å²) in [5.41, 5.74) is 17.0. The molecule has 0 saturated carbocycles. The molecule has 0 bridgehead atoms. The maximum atomic E-state index is 5.68. The summed E-state index contributed by atoms with van der Waals surface area (Å²) < 4.78 is 4.55. The van der Waals surface area contributed by atoms with Crippen LogP contribution >= 0.6 is 0 Å². The van der Waals surface area contributed by atoms with E-state index in [4.69, 9.17) is 17.2 Å². The van der Waals surface area contributed by atoms with E-state index in [-0.39, 0.29) is 17.8 Å². The fraction of sp³-hybridized carbons (Fsp3) is 0.667. The minimum Gasteiger partial charge on any atom is -0.367 e. The van der Waals surface area contributed by atoms with Crippen molar-refractivity contribution in [2.24, 2.45) is 0 Å². The molecule has 0 fully saturated rings. The Morgan fingerprint density at radius 1 is 0.600 bits per heavy atom. The van der Waals surface area contributed by atoms with E-state index in [9.17, 15) is 0 Å². The van der Waals surface area contributed by atoms with Crippen molar-refractivity contribution in [3.05, 3.63) is 0 Å². The molecular formula is C9H18N16. The minimum absolute atomic E-state index is 0.259. The van der Waals surface area contributed by atoms with Crippen LogP contribution in [0.5, 0.6) is 0 Å². The zero-order valence-corrected chi connectivity index (χ0v) is 13.3. The highest BCUT2D eigenvalue weighted by atomic mass is 15.6. The minimum atomic E-state index is 0.259. The van der Waals surface area contributed by atoms with Gasteiger partial charge in [0.15, 0.2) is 0 Å². The topological polar surface area (TPSA) is 212 Å². The van der Waals surface area contributed by atoms with Crippen molar-refractivity contribution in [1.29, 1.82) is 0 Å². The molecule has 25 heavy (non-hydrogen) atoms. The highest BCUT2D eigenvalue weighted by Crippen LogP contribution is 2.00. The van der Waals surface area contributed by atoms with E-state index in [2.05, 4.69) is 51.5 Å². The molecule has 3 aromatic rings. The van der Waals surface area contributed by atoms with Crippen LogP contribution in [0.25, 0.3) is 0 Å². The van der Waals surface area contributed by atoms with Crippen LogP contribution in [0.15, 0.2) is 0 Å². The van der Waals surface area contributed by atoms with Crippen molar-refractivity contribution in [1.82, 2.24) is 65.5 Å². The zero-order valence-electron chi connectivity index (χ0n) is 13.3. The maximum Gasteiger partial charge on any atom is 0.240 e. The summed E-state index contributed by atoms with van der Waals surface area (Å²) in [4.78, 5) is 2.13. The molecule has 0 aliphatic heterocycles. The molecule has 0 amide bonds. The van der Waals surface area contributed by atoms with Crippen molar-refractivity contribution in [2.75, 3.05) is 36.8 Å². The third-order valence-corrected chi connectivity index (χ3v) is 3.56. The van der Waals surface area contributed by atoms with Gasteiger partial charge in [0.1, 0.15) is 0 Å². The Hall–Kier alpha value is -3.43. The second-order valence-electron chi connectivity index (χ2n) is 5.12. The van der Waals surface area contributed by atoms with Crippen molar-refractivity contribution >= 4 is 17.8 Å². The summed E-state index contributed by atoms with van der Waals surface area (Å²) >= 11 is 0. The van der Waals surface area contributed by atoms with Gasteiger partial charge in [-0.05, 0) is 31.3 Å². The molecular weight excluding hydrogens is 332 g/mol. The lowest BCUT2D eigenvalue weighted by molar-refractivity contribution is 0.233. The van der Waals surface area contributed by atoms with Crippen molar-refractivity contribution in [2.45, 2.75) is 19.6 Å². The van der Waals surface area contributed by atoms with Gasteiger partial charge in [-0.1, -0.05) is 15.3 Å². The quantitative estimate of drug-likeness (QED) is 0.337. The molecule has 0 saturated heterocycles. The fourth-order valence-electron chi connectivity index (χ4n) is 2.16. The summed E-state index contributed by atoms with van der Waals surface area (Å²) in [7, 11) is 0. The van der Waals surface area contributed by atoms with E-state index >= 15 is 0 Å². The SMILES string of the molecule is Nc1nnnn1CCN(CCn1nnnc1N)CCn1nnnc1N. The van der Waals surface area contributed by atoms with Gasteiger partial charge in [0.05, 0.1) is 19.6 Å². The molecule has 3 rings (SSSR count). The third kappa shape index (κ3) is 4.10. The van der Waals surface area contributed by atoms with Crippen LogP contribution in [0.1, 0.15) is 0 Å². The van der Waals surface area contributed by atoms with E-state index in [0.717, 1.165) is 0 Å². The molecule has 134 valence electrons. The fourth-order valence-corrected chi connectivity index (χ4v) is 2.16. The number of nitrogen functional groups attached to an aromatic ring is 3. The molecule has 0 unspecified atom stereocenters. The van der Waals surface area contributed by atoms with Gasteiger partial charge >= 0.3 is 0 Å². The molecule has 0 radical (unpaired) electrons. The molecule has 16 heteroatoms. The van der Waals surface area contributed by atoms with Crippen LogP contribution in [0.3, 0.4) is 0 Å². The number of hydrogen-bond acceptors (Lipinski definition) is 13. The van der Waals surface area contributed by atoms with Gasteiger partial charge in [0, 0.05) is 19.6 Å². The lowest BCUT2D eigenvalue weighted by Crippen LogP contribution is -2.34. The Kier molecular flexibility index (Phi) is 4.88. The Balaban J connectivity index is 1.59. The summed E-state index contributed by atoms with van der Waals surface area (Å²) in [6, 6.07) is 0. The highest BCUT2D eigenvalue weighted by Gasteiger charge is 2.11. The van der Waals surface area contributed by atoms with Gasteiger partial charge in [-0.25, -0.2) is 14.0 Å². The third-order valence-electron chi connectivity index (χ3n) is 3.56. The number of anilines is 3. The molecule has 0 atom stereocenters. The number of nitrogens with zero attached hydrogens (tertiary/aromatic N) is 13. The smallest absolute Gasteiger partial charge is 0.240 e. The van der Waals surface area contributed by atoms with E-state index in [1.165, 1.54) is 14.0 Å². The first-order valence-corrected chi connectivity index (χ1v) is 7.41. The largest absolute Gasteiger partial charge is 0.367 e. The molecule has 3 aromatic heterocycles. The Morgan fingerprint density at radius 3 is 1.16 bits per heavy atom. The van der Waals surface area contributed by atoms with E-state index in [0.29, 0.717) is 39.3 Å². The van der Waals surface area contributed by atoms with Crippen LogP contribution in [0, 0.1) is 0 Å². The zero-order chi connectivity index (χ0) is 17.6. The first-order valence-electron chi connectivity index (χ1n) is 7.41. The summed E-state index contributed by atoms with van der Waals surface area (Å²) in [5.74, 6) is 0.776. The molecule has 0 aliphatic rings. The molecule has 0 aliphatic carbocycles. The van der Waals surface area contributed by atoms with E-state index in [1.54, 1.807) is 0 Å². The van der Waals surface area contributed by atoms with Crippen LogP contribution in [-0.4, -0.2) is 85.2 Å². The van der Waals surface area contributed by atoms with Crippen LogP contribution < -0.4 is 17.2 Å². The molecule has 16 nitrogen and oxygen atoms in total. The van der Waals surface area contributed by atoms with E-state index < -0.39 is 0 Å². The first-order chi connectivity index (χ1) is 12.1. The van der Waals surface area contributed by atoms with Crippen LogP contribution in [-0.2, 0) is 19.6 Å². The molecule has 0 aromatic carbocycles. The highest BCUT2D eigenvalue weighted by molar-refractivity contribution is 5.11. The average molecular weight is 350 g/mol. The predicted octanol–water partition coefficient (Wildman–Crippen LogP) is -3.90. The molecule has 6 N–H and O–H groups in total. The second kappa shape index (κ2) is 7.43. The predicted molar refractivity (Wildman–Crippen MR) is 83.1 cm³/mol. The van der Waals surface area contributed by atoms with Gasteiger partial charge in [0.2, 0.25) is 17.8 Å². The van der Waals surface area contributed by atoms with Gasteiger partial charge < -0.3 is 17.2 Å². The average Bonchev–Trinajstić information content (AvgIpc) is 3.30. The molecule has 3 heterocycles. The summed E-state index contributed by atoms with van der Waals surface area (Å²) in [6.07, 6.45) is 0. The summed E-state index contributed by atoms with van der Waals surface area (Å²) in [5, 5.41) is 33.0. The monoisotopic (exact) mass is 350 g/mol. The Bertz CT molecular complexity index is 680. The van der Waals surface area contributed by atoms with Crippen LogP contribution in [0.4, 0.5) is 17.8 Å². The lowest BCUT2D eigenvalue weighted by Gasteiger charge is -2.22. The van der Waals surface area contributed by atoms with Crippen LogP contribution in [0.2, 0.25) is 0 Å². The number of hydrogen-bond donors (Lipinski definition) is 3. The lowest BCUT2D eigenvalue weighted by atomic mass is 10.4. The van der Waals surface area contributed by atoms with Gasteiger partial charge in [0.25, 0.3) is 0 Å². The normalized spacial score (nSPS) is 11.4.